The fourth-order valence-corrected chi connectivity index (χ4v) is 3.59. The highest BCUT2D eigenvalue weighted by Gasteiger charge is 2.13. The number of hydrogen-bond acceptors (Lipinski definition) is 4. The highest BCUT2D eigenvalue weighted by Crippen LogP contribution is 2.22. The fraction of sp³-hybridized carbons (Fsp3) is 0.250. The maximum absolute atomic E-state index is 12.1. The molecule has 1 aliphatic rings. The summed E-state index contributed by atoms with van der Waals surface area (Å²) in [7, 11) is -1.12. The van der Waals surface area contributed by atoms with Crippen molar-refractivity contribution < 1.29 is 13.2 Å². The third kappa shape index (κ3) is 4.59. The number of nitrogens with one attached hydrogen (secondary N) is 1. The summed E-state index contributed by atoms with van der Waals surface area (Å²) in [6.45, 7) is 1.95. The Morgan fingerprint density at radius 2 is 1.85 bits per heavy atom. The Kier molecular flexibility index (Phi) is 5.25. The van der Waals surface area contributed by atoms with E-state index in [2.05, 4.69) is 23.3 Å². The summed E-state index contributed by atoms with van der Waals surface area (Å²) in [6.07, 6.45) is 5.31. The predicted molar refractivity (Wildman–Crippen MR) is 104 cm³/mol. The van der Waals surface area contributed by atoms with Crippen LogP contribution in [0.2, 0.25) is 0 Å². The largest absolute Gasteiger partial charge is 0.323 e. The number of benzene rings is 2. The van der Waals surface area contributed by atoms with Crippen molar-refractivity contribution in [1.82, 2.24) is 4.90 Å². The summed E-state index contributed by atoms with van der Waals surface area (Å²) < 4.78 is 22.9. The zero-order chi connectivity index (χ0) is 18.7. The highest BCUT2D eigenvalue weighted by atomic mass is 32.2. The van der Waals surface area contributed by atoms with E-state index in [0.29, 0.717) is 0 Å². The molecule has 0 radical (unpaired) electrons. The number of nitrogens with zero attached hydrogens (tertiary/aromatic N) is 1. The average Bonchev–Trinajstić information content (AvgIpc) is 2.59. The van der Waals surface area contributed by atoms with E-state index in [1.54, 1.807) is 18.2 Å². The predicted octanol–water partition coefficient (Wildman–Crippen LogP) is 2.73. The normalized spacial score (nSPS) is 15.0. The maximum atomic E-state index is 12.1. The lowest BCUT2D eigenvalue weighted by Gasteiger charge is -2.25. The van der Waals surface area contributed by atoms with Crippen molar-refractivity contribution in [2.24, 2.45) is 0 Å². The number of carbonyl (C=O) groups is 1. The molecule has 0 saturated heterocycles. The molecule has 1 heterocycles. The minimum atomic E-state index is -3.21. The van der Waals surface area contributed by atoms with Crippen molar-refractivity contribution in [1.29, 1.82) is 0 Å². The van der Waals surface area contributed by atoms with Crippen LogP contribution in [0.15, 0.2) is 53.4 Å². The van der Waals surface area contributed by atoms with E-state index in [1.807, 2.05) is 12.1 Å². The average molecular weight is 370 g/mol. The van der Waals surface area contributed by atoms with E-state index in [0.717, 1.165) is 30.8 Å². The van der Waals surface area contributed by atoms with Gasteiger partial charge in [-0.05, 0) is 60.5 Å². The highest BCUT2D eigenvalue weighted by molar-refractivity contribution is 7.90. The molecule has 0 bridgehead atoms. The number of sulfone groups is 1. The lowest BCUT2D eigenvalue weighted by molar-refractivity contribution is -0.111. The number of rotatable bonds is 4. The van der Waals surface area contributed by atoms with Gasteiger partial charge in [0.25, 0.3) is 0 Å². The van der Waals surface area contributed by atoms with Gasteiger partial charge < -0.3 is 10.2 Å². The monoisotopic (exact) mass is 370 g/mol. The summed E-state index contributed by atoms with van der Waals surface area (Å²) >= 11 is 0. The summed E-state index contributed by atoms with van der Waals surface area (Å²) in [5.41, 5.74) is 4.13. The van der Waals surface area contributed by atoms with Gasteiger partial charge >= 0.3 is 0 Å². The van der Waals surface area contributed by atoms with Gasteiger partial charge in [-0.3, -0.25) is 4.79 Å². The standard InChI is InChI=1S/C20H22N2O3S/c1-22-12-11-16-6-7-18(13-17(16)14-22)21-20(23)10-5-15-3-8-19(9-4-15)26(2,24)25/h3-10,13H,11-12,14H2,1-2H3,(H,21,23)/b10-5+. The Labute approximate surface area is 154 Å². The number of likely N-dealkylation sites (N-methyl/N-ethyl adjacent to an activating group) is 1. The minimum Gasteiger partial charge on any atom is -0.323 e. The molecule has 5 nitrogen and oxygen atoms in total. The van der Waals surface area contributed by atoms with Gasteiger partial charge in [0, 0.05) is 31.1 Å². The van der Waals surface area contributed by atoms with Crippen LogP contribution in [-0.2, 0) is 27.6 Å². The van der Waals surface area contributed by atoms with Crippen LogP contribution in [-0.4, -0.2) is 39.1 Å². The van der Waals surface area contributed by atoms with E-state index in [1.165, 1.54) is 35.6 Å². The summed E-state index contributed by atoms with van der Waals surface area (Å²) in [5.74, 6) is -0.221. The van der Waals surface area contributed by atoms with Crippen LogP contribution in [0.1, 0.15) is 16.7 Å². The maximum Gasteiger partial charge on any atom is 0.248 e. The molecule has 1 amide bonds. The SMILES string of the molecule is CN1CCc2ccc(NC(=O)/C=C/c3ccc(S(C)(=O)=O)cc3)cc2C1. The Morgan fingerprint density at radius 1 is 1.12 bits per heavy atom. The molecule has 0 fully saturated rings. The van der Waals surface area contributed by atoms with E-state index in [9.17, 15) is 13.2 Å². The molecule has 0 saturated carbocycles. The zero-order valence-electron chi connectivity index (χ0n) is 14.9. The van der Waals surface area contributed by atoms with Gasteiger partial charge in [-0.2, -0.15) is 0 Å². The van der Waals surface area contributed by atoms with Crippen LogP contribution >= 0.6 is 0 Å². The van der Waals surface area contributed by atoms with E-state index < -0.39 is 9.84 Å². The number of fused-ring (bicyclic) bond motifs is 1. The van der Waals surface area contributed by atoms with Crippen LogP contribution in [0.5, 0.6) is 0 Å². The fourth-order valence-electron chi connectivity index (χ4n) is 2.96. The zero-order valence-corrected chi connectivity index (χ0v) is 15.7. The second-order valence-electron chi connectivity index (χ2n) is 6.64. The van der Waals surface area contributed by atoms with Gasteiger partial charge in [0.05, 0.1) is 4.90 Å². The van der Waals surface area contributed by atoms with Gasteiger partial charge in [-0.1, -0.05) is 18.2 Å². The third-order valence-corrected chi connectivity index (χ3v) is 5.54. The van der Waals surface area contributed by atoms with Crippen molar-refractivity contribution in [3.05, 3.63) is 65.2 Å². The van der Waals surface area contributed by atoms with Crippen LogP contribution in [0.4, 0.5) is 5.69 Å². The molecule has 1 N–H and O–H groups in total. The Bertz CT molecular complexity index is 948. The molecule has 2 aromatic rings. The molecule has 2 aromatic carbocycles. The second kappa shape index (κ2) is 7.43. The molecule has 0 aliphatic carbocycles. The molecular formula is C20H22N2O3S. The molecule has 0 spiro atoms. The first-order valence-corrected chi connectivity index (χ1v) is 10.3. The molecule has 3 rings (SSSR count). The quantitative estimate of drug-likeness (QED) is 0.841. The molecule has 0 aromatic heterocycles. The summed E-state index contributed by atoms with van der Waals surface area (Å²) in [6, 6.07) is 12.4. The Hall–Kier alpha value is -2.44. The van der Waals surface area contributed by atoms with E-state index in [-0.39, 0.29) is 10.8 Å². The number of anilines is 1. The van der Waals surface area contributed by atoms with Crippen molar-refractivity contribution in [2.45, 2.75) is 17.9 Å². The summed E-state index contributed by atoms with van der Waals surface area (Å²) in [4.78, 5) is 14.7. The molecule has 0 atom stereocenters. The second-order valence-corrected chi connectivity index (χ2v) is 8.65. The van der Waals surface area contributed by atoms with Crippen molar-refractivity contribution in [2.75, 3.05) is 25.2 Å². The molecule has 1 aliphatic heterocycles. The van der Waals surface area contributed by atoms with Gasteiger partial charge in [0.15, 0.2) is 9.84 Å². The van der Waals surface area contributed by atoms with Gasteiger partial charge in [0.1, 0.15) is 0 Å². The number of carbonyl (C=O) groups excluding carboxylic acids is 1. The Balaban J connectivity index is 1.65. The van der Waals surface area contributed by atoms with E-state index >= 15 is 0 Å². The lowest BCUT2D eigenvalue weighted by Crippen LogP contribution is -2.26. The molecule has 6 heteroatoms. The van der Waals surface area contributed by atoms with Crippen molar-refractivity contribution in [3.8, 4) is 0 Å². The van der Waals surface area contributed by atoms with Crippen LogP contribution in [0.3, 0.4) is 0 Å². The Morgan fingerprint density at radius 3 is 2.54 bits per heavy atom. The molecule has 26 heavy (non-hydrogen) atoms. The molecule has 136 valence electrons. The minimum absolute atomic E-state index is 0.221. The van der Waals surface area contributed by atoms with Crippen LogP contribution in [0, 0.1) is 0 Å². The van der Waals surface area contributed by atoms with Crippen LogP contribution in [0.25, 0.3) is 6.08 Å². The lowest BCUT2D eigenvalue weighted by atomic mass is 9.99. The molecule has 0 unspecified atom stereocenters. The van der Waals surface area contributed by atoms with Gasteiger partial charge in [-0.15, -0.1) is 0 Å². The molecular weight excluding hydrogens is 348 g/mol. The van der Waals surface area contributed by atoms with Crippen LogP contribution < -0.4 is 5.32 Å². The number of hydrogen-bond donors (Lipinski definition) is 1. The number of amides is 1. The van der Waals surface area contributed by atoms with E-state index in [4.69, 9.17) is 0 Å². The first-order valence-electron chi connectivity index (χ1n) is 8.41. The third-order valence-electron chi connectivity index (χ3n) is 4.41. The summed E-state index contributed by atoms with van der Waals surface area (Å²) in [5, 5.41) is 2.87. The first-order chi connectivity index (χ1) is 12.3. The smallest absolute Gasteiger partial charge is 0.248 e. The van der Waals surface area contributed by atoms with Crippen molar-refractivity contribution >= 4 is 27.5 Å². The van der Waals surface area contributed by atoms with Gasteiger partial charge in [-0.25, -0.2) is 8.42 Å². The first kappa shape index (κ1) is 18.4. The topological polar surface area (TPSA) is 66.5 Å². The van der Waals surface area contributed by atoms with Gasteiger partial charge in [0.2, 0.25) is 5.91 Å². The van der Waals surface area contributed by atoms with Crippen molar-refractivity contribution in [3.63, 3.8) is 0 Å².